The summed E-state index contributed by atoms with van der Waals surface area (Å²) in [7, 11) is 0. The van der Waals surface area contributed by atoms with E-state index in [9.17, 15) is 18.3 Å². The lowest BCUT2D eigenvalue weighted by molar-refractivity contribution is -0.137. The Balaban J connectivity index is 2.30. The molecule has 2 rings (SSSR count). The van der Waals surface area contributed by atoms with Crippen LogP contribution in [0.15, 0.2) is 28.8 Å². The van der Waals surface area contributed by atoms with Crippen LogP contribution in [0.4, 0.5) is 13.2 Å². The first-order valence-corrected chi connectivity index (χ1v) is 6.52. The molecule has 0 saturated heterocycles. The number of halogens is 3. The van der Waals surface area contributed by atoms with Gasteiger partial charge in [0, 0.05) is 5.56 Å². The molecular weight excluding hydrogens is 285 g/mol. The van der Waals surface area contributed by atoms with Crippen LogP contribution in [0.5, 0.6) is 0 Å². The van der Waals surface area contributed by atoms with E-state index in [4.69, 9.17) is 4.52 Å². The van der Waals surface area contributed by atoms with Crippen LogP contribution in [0.3, 0.4) is 0 Å². The van der Waals surface area contributed by atoms with Gasteiger partial charge in [-0.1, -0.05) is 31.1 Å². The van der Waals surface area contributed by atoms with E-state index in [1.165, 1.54) is 12.1 Å². The van der Waals surface area contributed by atoms with Gasteiger partial charge in [-0.3, -0.25) is 0 Å². The summed E-state index contributed by atoms with van der Waals surface area (Å²) >= 11 is 0. The monoisotopic (exact) mass is 300 g/mol. The van der Waals surface area contributed by atoms with E-state index in [0.29, 0.717) is 6.42 Å². The van der Waals surface area contributed by atoms with Gasteiger partial charge in [-0.05, 0) is 18.6 Å². The van der Waals surface area contributed by atoms with Crippen LogP contribution in [0.25, 0.3) is 11.4 Å². The third-order valence-corrected chi connectivity index (χ3v) is 3.27. The first-order chi connectivity index (χ1) is 9.82. The van der Waals surface area contributed by atoms with E-state index < -0.39 is 17.8 Å². The quantitative estimate of drug-likeness (QED) is 0.936. The predicted octanol–water partition coefficient (Wildman–Crippen LogP) is 3.63. The molecule has 1 N–H and O–H groups in total. The van der Waals surface area contributed by atoms with Gasteiger partial charge < -0.3 is 9.63 Å². The standard InChI is InChI=1S/C14H15F3N2O2/c1-3-11(20)8(2)13-18-12(19-21-13)9-5-4-6-10(7-9)14(15,16)17/h4-8,11,20H,3H2,1-2H3. The summed E-state index contributed by atoms with van der Waals surface area (Å²) in [6, 6.07) is 4.72. The highest BCUT2D eigenvalue weighted by Gasteiger charge is 2.31. The van der Waals surface area contributed by atoms with Crippen LogP contribution in [-0.4, -0.2) is 21.4 Å². The number of nitrogens with zero attached hydrogens (tertiary/aromatic N) is 2. The molecule has 7 heteroatoms. The van der Waals surface area contributed by atoms with Gasteiger partial charge in [-0.2, -0.15) is 18.2 Å². The number of rotatable bonds is 4. The second-order valence-electron chi connectivity index (χ2n) is 4.80. The van der Waals surface area contributed by atoms with Crippen LogP contribution in [-0.2, 0) is 6.18 Å². The van der Waals surface area contributed by atoms with Crippen molar-refractivity contribution in [1.29, 1.82) is 0 Å². The highest BCUT2D eigenvalue weighted by atomic mass is 19.4. The lowest BCUT2D eigenvalue weighted by atomic mass is 10.0. The number of aliphatic hydroxyl groups is 1. The molecule has 0 spiro atoms. The predicted molar refractivity (Wildman–Crippen MR) is 69.4 cm³/mol. The Morgan fingerprint density at radius 2 is 2.05 bits per heavy atom. The average molecular weight is 300 g/mol. The lowest BCUT2D eigenvalue weighted by Crippen LogP contribution is -2.14. The van der Waals surface area contributed by atoms with Crippen molar-refractivity contribution >= 4 is 0 Å². The van der Waals surface area contributed by atoms with E-state index in [-0.39, 0.29) is 23.2 Å². The van der Waals surface area contributed by atoms with Crippen molar-refractivity contribution in [2.45, 2.75) is 38.5 Å². The topological polar surface area (TPSA) is 59.2 Å². The molecule has 0 bridgehead atoms. The zero-order valence-corrected chi connectivity index (χ0v) is 11.6. The number of alkyl halides is 3. The van der Waals surface area contributed by atoms with Gasteiger partial charge in [0.15, 0.2) is 0 Å². The maximum Gasteiger partial charge on any atom is 0.416 e. The fraction of sp³-hybridized carbons (Fsp3) is 0.429. The molecular formula is C14H15F3N2O2. The van der Waals surface area contributed by atoms with Crippen molar-refractivity contribution in [3.63, 3.8) is 0 Å². The summed E-state index contributed by atoms with van der Waals surface area (Å²) in [5, 5.41) is 13.4. The highest BCUT2D eigenvalue weighted by molar-refractivity contribution is 5.55. The third-order valence-electron chi connectivity index (χ3n) is 3.27. The number of aromatic nitrogens is 2. The SMILES string of the molecule is CCC(O)C(C)c1nc(-c2cccc(C(F)(F)F)c2)no1. The van der Waals surface area contributed by atoms with Gasteiger partial charge in [0.1, 0.15) is 0 Å². The van der Waals surface area contributed by atoms with Gasteiger partial charge in [0.2, 0.25) is 11.7 Å². The molecule has 2 aromatic rings. The number of aliphatic hydroxyl groups excluding tert-OH is 1. The minimum Gasteiger partial charge on any atom is -0.392 e. The van der Waals surface area contributed by atoms with E-state index in [1.54, 1.807) is 6.92 Å². The molecule has 2 atom stereocenters. The second-order valence-corrected chi connectivity index (χ2v) is 4.80. The Morgan fingerprint density at radius 3 is 2.67 bits per heavy atom. The average Bonchev–Trinajstić information content (AvgIpc) is 2.94. The molecule has 21 heavy (non-hydrogen) atoms. The maximum absolute atomic E-state index is 12.7. The molecule has 0 saturated carbocycles. The van der Waals surface area contributed by atoms with Crippen molar-refractivity contribution < 1.29 is 22.8 Å². The minimum absolute atomic E-state index is 0.0752. The van der Waals surface area contributed by atoms with Gasteiger partial charge >= 0.3 is 6.18 Å². The summed E-state index contributed by atoms with van der Waals surface area (Å²) in [6.45, 7) is 3.53. The molecule has 0 aliphatic rings. The van der Waals surface area contributed by atoms with Crippen LogP contribution in [0, 0.1) is 0 Å². The molecule has 4 nitrogen and oxygen atoms in total. The molecule has 114 valence electrons. The molecule has 0 radical (unpaired) electrons. The van der Waals surface area contributed by atoms with Crippen molar-refractivity contribution in [3.05, 3.63) is 35.7 Å². The first kappa shape index (κ1) is 15.5. The Hall–Kier alpha value is -1.89. The summed E-state index contributed by atoms with van der Waals surface area (Å²) in [4.78, 5) is 4.07. The maximum atomic E-state index is 12.7. The van der Waals surface area contributed by atoms with Crippen LogP contribution < -0.4 is 0 Å². The summed E-state index contributed by atoms with van der Waals surface area (Å²) < 4.78 is 43.0. The fourth-order valence-electron chi connectivity index (χ4n) is 1.89. The summed E-state index contributed by atoms with van der Waals surface area (Å²) in [6.07, 6.45) is -4.55. The first-order valence-electron chi connectivity index (χ1n) is 6.52. The van der Waals surface area contributed by atoms with E-state index in [1.807, 2.05) is 6.92 Å². The summed E-state index contributed by atoms with van der Waals surface area (Å²) in [5.74, 6) is -0.0925. The summed E-state index contributed by atoms with van der Waals surface area (Å²) in [5.41, 5.74) is -0.550. The van der Waals surface area contributed by atoms with Crippen LogP contribution in [0.1, 0.15) is 37.6 Å². The Labute approximate surface area is 119 Å². The molecule has 0 aliphatic heterocycles. The second kappa shape index (κ2) is 5.85. The van der Waals surface area contributed by atoms with E-state index in [0.717, 1.165) is 12.1 Å². The zero-order chi connectivity index (χ0) is 15.6. The highest BCUT2D eigenvalue weighted by Crippen LogP contribution is 2.32. The minimum atomic E-state index is -4.42. The lowest BCUT2D eigenvalue weighted by Gasteiger charge is -2.11. The van der Waals surface area contributed by atoms with Gasteiger partial charge in [0.25, 0.3) is 0 Å². The van der Waals surface area contributed by atoms with Crippen LogP contribution in [0.2, 0.25) is 0 Å². The van der Waals surface area contributed by atoms with E-state index >= 15 is 0 Å². The molecule has 0 fully saturated rings. The third kappa shape index (κ3) is 3.41. The molecule has 1 heterocycles. The van der Waals surface area contributed by atoms with Gasteiger partial charge in [-0.15, -0.1) is 0 Å². The normalized spacial score (nSPS) is 15.0. The fourth-order valence-corrected chi connectivity index (χ4v) is 1.89. The number of hydrogen-bond acceptors (Lipinski definition) is 4. The zero-order valence-electron chi connectivity index (χ0n) is 11.6. The molecule has 2 unspecified atom stereocenters. The molecule has 0 amide bonds. The van der Waals surface area contributed by atoms with Crippen molar-refractivity contribution in [2.24, 2.45) is 0 Å². The van der Waals surface area contributed by atoms with Crippen LogP contribution >= 0.6 is 0 Å². The van der Waals surface area contributed by atoms with Crippen molar-refractivity contribution in [1.82, 2.24) is 10.1 Å². The van der Waals surface area contributed by atoms with Gasteiger partial charge in [0.05, 0.1) is 17.6 Å². The largest absolute Gasteiger partial charge is 0.416 e. The van der Waals surface area contributed by atoms with Crippen molar-refractivity contribution in [3.8, 4) is 11.4 Å². The Kier molecular flexibility index (Phi) is 4.32. The molecule has 0 aliphatic carbocycles. The molecule has 1 aromatic carbocycles. The number of hydrogen-bond donors (Lipinski definition) is 1. The van der Waals surface area contributed by atoms with Gasteiger partial charge in [-0.25, -0.2) is 0 Å². The Morgan fingerprint density at radius 1 is 1.33 bits per heavy atom. The smallest absolute Gasteiger partial charge is 0.392 e. The van der Waals surface area contributed by atoms with E-state index in [2.05, 4.69) is 10.1 Å². The molecule has 1 aromatic heterocycles. The van der Waals surface area contributed by atoms with Crippen molar-refractivity contribution in [2.75, 3.05) is 0 Å². The number of benzene rings is 1. The Bertz CT molecular complexity index is 610.